The van der Waals surface area contributed by atoms with E-state index in [1.54, 1.807) is 6.07 Å². The molecule has 1 fully saturated rings. The molecule has 0 saturated carbocycles. The molecule has 1 atom stereocenters. The Morgan fingerprint density at radius 1 is 1.35 bits per heavy atom. The Bertz CT molecular complexity index is 389. The summed E-state index contributed by atoms with van der Waals surface area (Å²) in [4.78, 5) is 0. The maximum absolute atomic E-state index is 13.3. The van der Waals surface area contributed by atoms with Crippen molar-refractivity contribution in [2.24, 2.45) is 0 Å². The third-order valence-corrected chi connectivity index (χ3v) is 3.69. The molecule has 1 aliphatic rings. The number of aryl methyl sites for hydroxylation is 1. The highest BCUT2D eigenvalue weighted by molar-refractivity contribution is 9.10. The van der Waals surface area contributed by atoms with Crippen molar-refractivity contribution in [2.75, 3.05) is 18.5 Å². The lowest BCUT2D eigenvalue weighted by atomic mass is 10.1. The third kappa shape index (κ3) is 3.42. The Morgan fingerprint density at radius 2 is 2.18 bits per heavy atom. The first-order valence-electron chi connectivity index (χ1n) is 5.97. The average molecular weight is 302 g/mol. The molecule has 0 spiro atoms. The molecule has 4 heteroatoms. The van der Waals surface area contributed by atoms with E-state index in [2.05, 4.69) is 21.2 Å². The molecule has 0 amide bonds. The van der Waals surface area contributed by atoms with Crippen LogP contribution < -0.4 is 5.32 Å². The smallest absolute Gasteiger partial charge is 0.137 e. The number of hydrogen-bond donors (Lipinski definition) is 1. The number of rotatable bonds is 2. The molecule has 1 aromatic carbocycles. The summed E-state index contributed by atoms with van der Waals surface area (Å²) in [5.74, 6) is -0.211. The molecule has 1 unspecified atom stereocenters. The minimum Gasteiger partial charge on any atom is -0.382 e. The SMILES string of the molecule is Cc1cc(F)c(Br)cc1NC1CCCOCC1. The van der Waals surface area contributed by atoms with Crippen LogP contribution in [0.1, 0.15) is 24.8 Å². The summed E-state index contributed by atoms with van der Waals surface area (Å²) in [6.45, 7) is 3.58. The molecule has 17 heavy (non-hydrogen) atoms. The van der Waals surface area contributed by atoms with Crippen LogP contribution in [0.2, 0.25) is 0 Å². The molecule has 1 heterocycles. The molecule has 1 aliphatic heterocycles. The van der Waals surface area contributed by atoms with Gasteiger partial charge in [-0.15, -0.1) is 0 Å². The highest BCUT2D eigenvalue weighted by Gasteiger charge is 2.14. The van der Waals surface area contributed by atoms with E-state index >= 15 is 0 Å². The van der Waals surface area contributed by atoms with Gasteiger partial charge in [-0.3, -0.25) is 0 Å². The van der Waals surface area contributed by atoms with Gasteiger partial charge in [-0.25, -0.2) is 4.39 Å². The first-order valence-corrected chi connectivity index (χ1v) is 6.76. The fraction of sp³-hybridized carbons (Fsp3) is 0.538. The average Bonchev–Trinajstić information content (AvgIpc) is 2.54. The molecule has 1 N–H and O–H groups in total. The van der Waals surface area contributed by atoms with Gasteiger partial charge in [-0.1, -0.05) is 0 Å². The second-order valence-corrected chi connectivity index (χ2v) is 5.32. The number of ether oxygens (including phenoxy) is 1. The molecule has 0 aromatic heterocycles. The Kier molecular flexibility index (Phi) is 4.40. The van der Waals surface area contributed by atoms with Gasteiger partial charge < -0.3 is 10.1 Å². The van der Waals surface area contributed by atoms with Gasteiger partial charge in [0.05, 0.1) is 4.47 Å². The largest absolute Gasteiger partial charge is 0.382 e. The van der Waals surface area contributed by atoms with E-state index in [0.717, 1.165) is 43.7 Å². The van der Waals surface area contributed by atoms with Gasteiger partial charge in [-0.2, -0.15) is 0 Å². The second kappa shape index (κ2) is 5.83. The number of nitrogens with one attached hydrogen (secondary N) is 1. The van der Waals surface area contributed by atoms with Gasteiger partial charge in [0.25, 0.3) is 0 Å². The monoisotopic (exact) mass is 301 g/mol. The zero-order chi connectivity index (χ0) is 12.3. The van der Waals surface area contributed by atoms with Crippen LogP contribution in [0.5, 0.6) is 0 Å². The predicted molar refractivity (Wildman–Crippen MR) is 70.9 cm³/mol. The maximum Gasteiger partial charge on any atom is 0.137 e. The molecule has 0 bridgehead atoms. The van der Waals surface area contributed by atoms with Gasteiger partial charge in [0.1, 0.15) is 5.82 Å². The summed E-state index contributed by atoms with van der Waals surface area (Å²) in [7, 11) is 0. The molecule has 0 aliphatic carbocycles. The summed E-state index contributed by atoms with van der Waals surface area (Å²) in [6.07, 6.45) is 3.20. The Labute approximate surface area is 110 Å². The fourth-order valence-electron chi connectivity index (χ4n) is 2.07. The van der Waals surface area contributed by atoms with Crippen molar-refractivity contribution in [3.63, 3.8) is 0 Å². The van der Waals surface area contributed by atoms with Crippen LogP contribution in [0.4, 0.5) is 10.1 Å². The van der Waals surface area contributed by atoms with Crippen molar-refractivity contribution >= 4 is 21.6 Å². The molecule has 2 nitrogen and oxygen atoms in total. The standard InChI is InChI=1S/C13H17BrFNO/c1-9-7-12(15)11(14)8-13(9)16-10-3-2-5-17-6-4-10/h7-8,10,16H,2-6H2,1H3. The minimum absolute atomic E-state index is 0.211. The number of halogens is 2. The third-order valence-electron chi connectivity index (χ3n) is 3.08. The van der Waals surface area contributed by atoms with Crippen LogP contribution in [-0.2, 0) is 4.74 Å². The number of hydrogen-bond acceptors (Lipinski definition) is 2. The molecule has 1 aromatic rings. The quantitative estimate of drug-likeness (QED) is 0.895. The molecule has 2 rings (SSSR count). The van der Waals surface area contributed by atoms with Crippen LogP contribution in [0.15, 0.2) is 16.6 Å². The van der Waals surface area contributed by atoms with Crippen LogP contribution in [0.3, 0.4) is 0 Å². The summed E-state index contributed by atoms with van der Waals surface area (Å²) in [6, 6.07) is 3.80. The highest BCUT2D eigenvalue weighted by atomic mass is 79.9. The normalized spacial score (nSPS) is 21.0. The second-order valence-electron chi connectivity index (χ2n) is 4.47. The Balaban J connectivity index is 2.09. The van der Waals surface area contributed by atoms with E-state index in [-0.39, 0.29) is 5.82 Å². The zero-order valence-electron chi connectivity index (χ0n) is 9.93. The van der Waals surface area contributed by atoms with Crippen LogP contribution in [0.25, 0.3) is 0 Å². The lowest BCUT2D eigenvalue weighted by Crippen LogP contribution is -2.20. The van der Waals surface area contributed by atoms with Crippen LogP contribution in [-0.4, -0.2) is 19.3 Å². The summed E-state index contributed by atoms with van der Waals surface area (Å²) in [5, 5.41) is 3.48. The lowest BCUT2D eigenvalue weighted by Gasteiger charge is -2.19. The number of anilines is 1. The van der Waals surface area contributed by atoms with Gasteiger partial charge in [0.2, 0.25) is 0 Å². The topological polar surface area (TPSA) is 21.3 Å². The van der Waals surface area contributed by atoms with E-state index in [4.69, 9.17) is 4.74 Å². The van der Waals surface area contributed by atoms with Crippen molar-refractivity contribution in [1.29, 1.82) is 0 Å². The summed E-state index contributed by atoms with van der Waals surface area (Å²) in [5.41, 5.74) is 1.95. The zero-order valence-corrected chi connectivity index (χ0v) is 11.5. The van der Waals surface area contributed by atoms with E-state index in [9.17, 15) is 4.39 Å². The number of benzene rings is 1. The Morgan fingerprint density at radius 3 is 3.00 bits per heavy atom. The van der Waals surface area contributed by atoms with E-state index in [0.29, 0.717) is 10.5 Å². The van der Waals surface area contributed by atoms with Gasteiger partial charge in [0.15, 0.2) is 0 Å². The summed E-state index contributed by atoms with van der Waals surface area (Å²) >= 11 is 3.22. The first kappa shape index (κ1) is 12.8. The van der Waals surface area contributed by atoms with Gasteiger partial charge >= 0.3 is 0 Å². The minimum atomic E-state index is -0.211. The lowest BCUT2D eigenvalue weighted by molar-refractivity contribution is 0.144. The summed E-state index contributed by atoms with van der Waals surface area (Å²) < 4.78 is 19.2. The van der Waals surface area contributed by atoms with Gasteiger partial charge in [0, 0.05) is 24.9 Å². The van der Waals surface area contributed by atoms with Gasteiger partial charge in [-0.05, 0) is 59.8 Å². The van der Waals surface area contributed by atoms with Crippen molar-refractivity contribution in [3.05, 3.63) is 28.0 Å². The first-order chi connectivity index (χ1) is 8.16. The predicted octanol–water partition coefficient (Wildman–Crippen LogP) is 3.88. The van der Waals surface area contributed by atoms with E-state index in [1.807, 2.05) is 13.0 Å². The molecule has 0 radical (unpaired) electrons. The van der Waals surface area contributed by atoms with Crippen molar-refractivity contribution < 1.29 is 9.13 Å². The highest BCUT2D eigenvalue weighted by Crippen LogP contribution is 2.26. The Hall–Kier alpha value is -0.610. The van der Waals surface area contributed by atoms with E-state index < -0.39 is 0 Å². The molecule has 1 saturated heterocycles. The van der Waals surface area contributed by atoms with Crippen LogP contribution in [0, 0.1) is 12.7 Å². The maximum atomic E-state index is 13.3. The van der Waals surface area contributed by atoms with E-state index in [1.165, 1.54) is 0 Å². The fourth-order valence-corrected chi connectivity index (χ4v) is 2.41. The van der Waals surface area contributed by atoms with Crippen molar-refractivity contribution in [2.45, 2.75) is 32.2 Å². The van der Waals surface area contributed by atoms with Crippen molar-refractivity contribution in [1.82, 2.24) is 0 Å². The molecule has 94 valence electrons. The molecular formula is C13H17BrFNO. The van der Waals surface area contributed by atoms with Crippen molar-refractivity contribution in [3.8, 4) is 0 Å². The molecular weight excluding hydrogens is 285 g/mol. The van der Waals surface area contributed by atoms with Crippen LogP contribution >= 0.6 is 15.9 Å².